The maximum Gasteiger partial charge on any atom is 0.236 e. The topological polar surface area (TPSA) is 75.2 Å². The van der Waals surface area contributed by atoms with Crippen molar-refractivity contribution in [3.8, 4) is 0 Å². The molecule has 0 spiro atoms. The van der Waals surface area contributed by atoms with Crippen molar-refractivity contribution < 1.29 is 9.90 Å². The molecule has 0 fully saturated rings. The molecule has 1 atom stereocenters. The van der Waals surface area contributed by atoms with Crippen LogP contribution in [0.3, 0.4) is 0 Å². The highest BCUT2D eigenvalue weighted by Crippen LogP contribution is 2.26. The minimum Gasteiger partial charge on any atom is -0.549 e. The van der Waals surface area contributed by atoms with Gasteiger partial charge in [-0.05, 0) is 19.1 Å². The molecule has 2 heterocycles. The quantitative estimate of drug-likeness (QED) is 0.649. The lowest BCUT2D eigenvalue weighted by atomic mass is 10.3. The summed E-state index contributed by atoms with van der Waals surface area (Å²) in [6.45, 7) is 1.58. The first-order valence-corrected chi connectivity index (χ1v) is 6.63. The number of thioether (sulfide) groups is 1. The molecule has 0 amide bonds. The number of nitrogens with zero attached hydrogens (tertiary/aromatic N) is 4. The van der Waals surface area contributed by atoms with E-state index < -0.39 is 11.2 Å². The van der Waals surface area contributed by atoms with Gasteiger partial charge in [0.15, 0.2) is 5.16 Å². The molecule has 2 aromatic heterocycles. The molecule has 0 aliphatic rings. The minimum absolute atomic E-state index is 0.559. The maximum absolute atomic E-state index is 10.8. The van der Waals surface area contributed by atoms with E-state index in [2.05, 4.69) is 10.2 Å². The number of hydrogen-bond donors (Lipinski definition) is 0. The van der Waals surface area contributed by atoms with Crippen molar-refractivity contribution in [1.82, 2.24) is 19.2 Å². The Labute approximate surface area is 113 Å². The number of carboxylic acids is 1. The summed E-state index contributed by atoms with van der Waals surface area (Å²) in [5.41, 5.74) is 1.98. The van der Waals surface area contributed by atoms with Gasteiger partial charge in [0.1, 0.15) is 0 Å². The number of aryl methyl sites for hydroxylation is 1. The standard InChI is InChI=1S/C12H12N4O2S/c1-7(10(17)18)19-12-14-13-11-15(2)8-5-3-4-6-9(8)16(11)12/h3-7H,1-2H3,(H,17,18)/p-1/t7-/m1/s1. The van der Waals surface area contributed by atoms with Gasteiger partial charge in [-0.25, -0.2) is 0 Å². The summed E-state index contributed by atoms with van der Waals surface area (Å²) in [6, 6.07) is 7.82. The van der Waals surface area contributed by atoms with Crippen LogP contribution in [0.2, 0.25) is 0 Å². The fourth-order valence-electron chi connectivity index (χ4n) is 2.02. The largest absolute Gasteiger partial charge is 0.549 e. The molecule has 0 unspecified atom stereocenters. The van der Waals surface area contributed by atoms with E-state index in [1.807, 2.05) is 40.3 Å². The van der Waals surface area contributed by atoms with Gasteiger partial charge in [0.2, 0.25) is 5.78 Å². The monoisotopic (exact) mass is 275 g/mol. The molecule has 7 heteroatoms. The molecule has 19 heavy (non-hydrogen) atoms. The molecular formula is C12H11N4O2S-. The van der Waals surface area contributed by atoms with Crippen molar-refractivity contribution in [3.05, 3.63) is 24.3 Å². The molecule has 1 aromatic carbocycles. The number of fused-ring (bicyclic) bond motifs is 3. The lowest BCUT2D eigenvalue weighted by molar-refractivity contribution is -0.304. The molecule has 0 aliphatic heterocycles. The summed E-state index contributed by atoms with van der Waals surface area (Å²) in [7, 11) is 1.91. The normalized spacial score (nSPS) is 13.2. The first-order chi connectivity index (χ1) is 9.09. The van der Waals surface area contributed by atoms with E-state index in [1.165, 1.54) is 0 Å². The minimum atomic E-state index is -1.11. The molecule has 0 saturated heterocycles. The van der Waals surface area contributed by atoms with Crippen LogP contribution in [0, 0.1) is 0 Å². The van der Waals surface area contributed by atoms with Gasteiger partial charge in [-0.15, -0.1) is 10.2 Å². The Morgan fingerprint density at radius 2 is 2.00 bits per heavy atom. The first-order valence-electron chi connectivity index (χ1n) is 5.75. The van der Waals surface area contributed by atoms with Crippen molar-refractivity contribution in [2.24, 2.45) is 7.05 Å². The molecule has 0 bridgehead atoms. The molecule has 0 aliphatic carbocycles. The fourth-order valence-corrected chi connectivity index (χ4v) is 2.80. The van der Waals surface area contributed by atoms with E-state index in [4.69, 9.17) is 0 Å². The Morgan fingerprint density at radius 3 is 2.68 bits per heavy atom. The van der Waals surface area contributed by atoms with E-state index in [-0.39, 0.29) is 0 Å². The lowest BCUT2D eigenvalue weighted by Crippen LogP contribution is -2.31. The van der Waals surface area contributed by atoms with Gasteiger partial charge < -0.3 is 14.5 Å². The SMILES string of the molecule is C[C@@H](Sc1nnc2n(C)c3ccccc3n12)C(=O)[O-]. The van der Waals surface area contributed by atoms with Crippen LogP contribution in [-0.4, -0.2) is 30.4 Å². The fraction of sp³-hybridized carbons (Fsp3) is 0.250. The summed E-state index contributed by atoms with van der Waals surface area (Å²) < 4.78 is 3.79. The number of para-hydroxylation sites is 2. The molecule has 98 valence electrons. The number of rotatable bonds is 3. The highest BCUT2D eigenvalue weighted by molar-refractivity contribution is 8.00. The van der Waals surface area contributed by atoms with Gasteiger partial charge in [-0.1, -0.05) is 23.9 Å². The highest BCUT2D eigenvalue weighted by atomic mass is 32.2. The second kappa shape index (κ2) is 4.27. The number of carboxylic acid groups (broad SMARTS) is 1. The maximum atomic E-state index is 10.8. The van der Waals surface area contributed by atoms with Gasteiger partial charge >= 0.3 is 0 Å². The molecule has 0 radical (unpaired) electrons. The summed E-state index contributed by atoms with van der Waals surface area (Å²) in [5, 5.41) is 18.9. The Kier molecular flexibility index (Phi) is 2.70. The zero-order valence-corrected chi connectivity index (χ0v) is 11.2. The van der Waals surface area contributed by atoms with E-state index in [0.717, 1.165) is 22.8 Å². The first kappa shape index (κ1) is 12.0. The number of carbonyl (C=O) groups is 1. The average molecular weight is 275 g/mol. The Hall–Kier alpha value is -2.02. The van der Waals surface area contributed by atoms with Crippen LogP contribution in [0.25, 0.3) is 16.8 Å². The number of hydrogen-bond acceptors (Lipinski definition) is 5. The van der Waals surface area contributed by atoms with Crippen molar-refractivity contribution in [3.63, 3.8) is 0 Å². The predicted octanol–water partition coefficient (Wildman–Crippen LogP) is 0.451. The van der Waals surface area contributed by atoms with Gasteiger partial charge in [-0.3, -0.25) is 4.40 Å². The van der Waals surface area contributed by atoms with Crippen LogP contribution in [0.4, 0.5) is 0 Å². The van der Waals surface area contributed by atoms with Gasteiger partial charge in [-0.2, -0.15) is 0 Å². The van der Waals surface area contributed by atoms with Crippen LogP contribution < -0.4 is 5.11 Å². The van der Waals surface area contributed by atoms with E-state index in [9.17, 15) is 9.90 Å². The summed E-state index contributed by atoms with van der Waals surface area (Å²) in [4.78, 5) is 10.8. The van der Waals surface area contributed by atoms with Crippen LogP contribution in [-0.2, 0) is 11.8 Å². The second-order valence-corrected chi connectivity index (χ2v) is 5.55. The average Bonchev–Trinajstić information content (AvgIpc) is 2.92. The van der Waals surface area contributed by atoms with Crippen LogP contribution in [0.15, 0.2) is 29.4 Å². The zero-order chi connectivity index (χ0) is 13.6. The summed E-state index contributed by atoms with van der Waals surface area (Å²) in [6.07, 6.45) is 0. The van der Waals surface area contributed by atoms with Gasteiger partial charge in [0.25, 0.3) is 0 Å². The number of aliphatic carboxylic acids is 1. The van der Waals surface area contributed by atoms with Gasteiger partial charge in [0, 0.05) is 12.3 Å². The number of benzene rings is 1. The summed E-state index contributed by atoms with van der Waals surface area (Å²) in [5.74, 6) is -0.420. The van der Waals surface area contributed by atoms with Crippen LogP contribution >= 0.6 is 11.8 Å². The Balaban J connectivity index is 2.22. The van der Waals surface area contributed by atoms with Gasteiger partial charge in [0.05, 0.1) is 17.0 Å². The lowest BCUT2D eigenvalue weighted by Gasteiger charge is -2.09. The number of imidazole rings is 1. The highest BCUT2D eigenvalue weighted by Gasteiger charge is 2.17. The molecule has 0 N–H and O–H groups in total. The van der Waals surface area contributed by atoms with E-state index in [0.29, 0.717) is 10.9 Å². The molecule has 3 aromatic rings. The van der Waals surface area contributed by atoms with Crippen molar-refractivity contribution >= 4 is 34.5 Å². The Morgan fingerprint density at radius 1 is 1.32 bits per heavy atom. The third kappa shape index (κ3) is 1.77. The summed E-state index contributed by atoms with van der Waals surface area (Å²) >= 11 is 1.13. The van der Waals surface area contributed by atoms with Crippen molar-refractivity contribution in [2.45, 2.75) is 17.3 Å². The molecule has 0 saturated carbocycles. The van der Waals surface area contributed by atoms with Crippen molar-refractivity contribution in [2.75, 3.05) is 0 Å². The number of aromatic nitrogens is 4. The zero-order valence-electron chi connectivity index (χ0n) is 10.4. The van der Waals surface area contributed by atoms with Crippen LogP contribution in [0.5, 0.6) is 0 Å². The molecular weight excluding hydrogens is 264 g/mol. The molecule has 3 rings (SSSR count). The second-order valence-electron chi connectivity index (χ2n) is 4.24. The van der Waals surface area contributed by atoms with Crippen molar-refractivity contribution in [1.29, 1.82) is 0 Å². The third-order valence-electron chi connectivity index (χ3n) is 3.01. The third-order valence-corrected chi connectivity index (χ3v) is 4.04. The Bertz CT molecular complexity index is 777. The number of carbonyl (C=O) groups excluding carboxylic acids is 1. The van der Waals surface area contributed by atoms with E-state index >= 15 is 0 Å². The predicted molar refractivity (Wildman–Crippen MR) is 69.8 cm³/mol. The molecule has 6 nitrogen and oxygen atoms in total. The van der Waals surface area contributed by atoms with Crippen LogP contribution in [0.1, 0.15) is 6.92 Å². The van der Waals surface area contributed by atoms with E-state index in [1.54, 1.807) is 6.92 Å². The smallest absolute Gasteiger partial charge is 0.236 e.